The van der Waals surface area contributed by atoms with E-state index in [1.807, 2.05) is 30.3 Å². The van der Waals surface area contributed by atoms with E-state index in [4.69, 9.17) is 19.6 Å². The van der Waals surface area contributed by atoms with Gasteiger partial charge in [0.2, 0.25) is 0 Å². The van der Waals surface area contributed by atoms with Crippen LogP contribution < -0.4 is 21.8 Å². The molecule has 1 saturated heterocycles. The van der Waals surface area contributed by atoms with Crippen molar-refractivity contribution in [3.63, 3.8) is 0 Å². The molecule has 2 heterocycles. The third-order valence-corrected chi connectivity index (χ3v) is 16.0. The van der Waals surface area contributed by atoms with Gasteiger partial charge in [0.05, 0.1) is 25.4 Å². The van der Waals surface area contributed by atoms with Crippen molar-refractivity contribution in [3.8, 4) is 0 Å². The van der Waals surface area contributed by atoms with Gasteiger partial charge in [-0.3, -0.25) is 9.47 Å². The number of carbonyl (C=O) groups excluding carboxylic acids is 1. The van der Waals surface area contributed by atoms with Gasteiger partial charge in [-0.2, -0.15) is 4.98 Å². The lowest BCUT2D eigenvalue weighted by Crippen LogP contribution is -2.67. The Morgan fingerprint density at radius 2 is 1.24 bits per heavy atom. The van der Waals surface area contributed by atoms with E-state index in [0.717, 1.165) is 27.1 Å². The number of methoxy groups -OCH3 is 1. The highest BCUT2D eigenvalue weighted by atomic mass is 28.4. The molecule has 0 radical (unpaired) electrons. The van der Waals surface area contributed by atoms with E-state index in [0.29, 0.717) is 18.7 Å². The maximum atomic E-state index is 13.9. The summed E-state index contributed by atoms with van der Waals surface area (Å²) in [6.07, 6.45) is 3.00. The van der Waals surface area contributed by atoms with Crippen molar-refractivity contribution >= 4 is 36.6 Å². The highest BCUT2D eigenvalue weighted by Gasteiger charge is 2.52. The zero-order valence-electron chi connectivity index (χ0n) is 33.4. The van der Waals surface area contributed by atoms with Crippen LogP contribution in [0.2, 0.25) is 5.04 Å². The van der Waals surface area contributed by atoms with E-state index >= 15 is 0 Å². The largest absolute Gasteiger partial charge is 0.466 e. The van der Waals surface area contributed by atoms with Gasteiger partial charge in [0.1, 0.15) is 5.82 Å². The van der Waals surface area contributed by atoms with Gasteiger partial charge in [0, 0.05) is 30.9 Å². The highest BCUT2D eigenvalue weighted by Crippen LogP contribution is 2.45. The average Bonchev–Trinajstić information content (AvgIpc) is 3.25. The molecule has 6 aromatic rings. The Balaban J connectivity index is 1.41. The van der Waals surface area contributed by atoms with Crippen LogP contribution in [-0.4, -0.2) is 61.6 Å². The van der Waals surface area contributed by atoms with Crippen LogP contribution in [0, 0.1) is 0 Å². The molecule has 0 amide bonds. The number of benzene rings is 5. The van der Waals surface area contributed by atoms with Crippen LogP contribution in [-0.2, 0) is 24.2 Å². The number of nitrogens with zero attached hydrogens (tertiary/aromatic N) is 3. The zero-order valence-corrected chi connectivity index (χ0v) is 34.4. The second kappa shape index (κ2) is 17.3. The van der Waals surface area contributed by atoms with Crippen molar-refractivity contribution in [2.45, 2.75) is 43.7 Å². The fourth-order valence-corrected chi connectivity index (χ4v) is 13.1. The van der Waals surface area contributed by atoms with Crippen LogP contribution in [0.15, 0.2) is 169 Å². The Morgan fingerprint density at radius 1 is 0.776 bits per heavy atom. The predicted molar refractivity (Wildman–Crippen MR) is 232 cm³/mol. The summed E-state index contributed by atoms with van der Waals surface area (Å²) in [6, 6.07) is 52.5. The molecule has 0 saturated carbocycles. The van der Waals surface area contributed by atoms with Crippen LogP contribution in [0.3, 0.4) is 0 Å². The van der Waals surface area contributed by atoms with E-state index < -0.39 is 37.8 Å². The monoisotopic (exact) mass is 790 g/mol. The minimum Gasteiger partial charge on any atom is -0.466 e. The normalized spacial score (nSPS) is 16.6. The molecule has 10 heteroatoms. The maximum absolute atomic E-state index is 13.9. The van der Waals surface area contributed by atoms with E-state index in [1.165, 1.54) is 23.8 Å². The van der Waals surface area contributed by atoms with Crippen LogP contribution in [0.25, 0.3) is 6.08 Å². The maximum Gasteiger partial charge on any atom is 0.351 e. The summed E-state index contributed by atoms with van der Waals surface area (Å²) in [4.78, 5) is 32.6. The van der Waals surface area contributed by atoms with Gasteiger partial charge in [-0.25, -0.2) is 9.59 Å². The first kappa shape index (κ1) is 40.3. The molecule has 0 aliphatic carbocycles. The standard InChI is InChI=1S/C48H50N4O5Si/c1-47(2,3)58(41-26-16-8-17-27-41,42-28-18-9-19-29-42)56-35-40-33-51(34-43(57-40)52-32-36(30-31-44(53)55-4)45(49)50-46(52)54)48(37-20-10-5-11-21-37,38-22-12-6-13-23-38)39-24-14-7-15-25-39/h5-32,40,43H,33-35H2,1-4H3,(H2,49,50,54)/b31-30+/t40-,43+/m0/s1. The van der Waals surface area contributed by atoms with Crippen molar-refractivity contribution in [3.05, 3.63) is 197 Å². The Labute approximate surface area is 341 Å². The summed E-state index contributed by atoms with van der Waals surface area (Å²) in [5.41, 5.74) is 8.42. The molecular formula is C48H50N4O5Si. The van der Waals surface area contributed by atoms with Crippen molar-refractivity contribution in [1.29, 1.82) is 0 Å². The van der Waals surface area contributed by atoms with Crippen molar-refractivity contribution in [1.82, 2.24) is 14.5 Å². The molecule has 58 heavy (non-hydrogen) atoms. The molecule has 0 spiro atoms. The van der Waals surface area contributed by atoms with Crippen LogP contribution in [0.5, 0.6) is 0 Å². The van der Waals surface area contributed by atoms with Gasteiger partial charge in [0.15, 0.2) is 6.23 Å². The third-order valence-electron chi connectivity index (χ3n) is 11.0. The van der Waals surface area contributed by atoms with Gasteiger partial charge < -0.3 is 19.6 Å². The van der Waals surface area contributed by atoms with Crippen LogP contribution in [0.4, 0.5) is 5.82 Å². The molecule has 9 nitrogen and oxygen atoms in total. The molecule has 0 bridgehead atoms. The number of rotatable bonds is 12. The number of nitrogens with two attached hydrogens (primary N) is 1. The number of ether oxygens (including phenoxy) is 2. The molecular weight excluding hydrogens is 741 g/mol. The van der Waals surface area contributed by atoms with E-state index in [-0.39, 0.29) is 17.5 Å². The Morgan fingerprint density at radius 3 is 1.69 bits per heavy atom. The fraction of sp³-hybridized carbons (Fsp3) is 0.229. The summed E-state index contributed by atoms with van der Waals surface area (Å²) in [5, 5.41) is 2.04. The average molecular weight is 791 g/mol. The molecule has 1 fully saturated rings. The Hall–Kier alpha value is -5.91. The molecule has 1 aliphatic rings. The number of aromatic nitrogens is 2. The van der Waals surface area contributed by atoms with E-state index in [1.54, 1.807) is 6.20 Å². The number of morpholine rings is 1. The SMILES string of the molecule is COC(=O)/C=C/c1cn([C@H]2CN(C(c3ccccc3)(c3ccccc3)c3ccccc3)C[C@@H](CO[Si](c3ccccc3)(c3ccccc3)C(C)(C)C)O2)c(=O)nc1N. The molecule has 7 rings (SSSR count). The Kier molecular flexibility index (Phi) is 12.0. The lowest BCUT2D eigenvalue weighted by atomic mass is 9.75. The number of esters is 1. The molecule has 296 valence electrons. The summed E-state index contributed by atoms with van der Waals surface area (Å²) in [7, 11) is -1.70. The topological polar surface area (TPSA) is 109 Å². The second-order valence-corrected chi connectivity index (χ2v) is 19.8. The molecule has 1 aromatic heterocycles. The number of hydrogen-bond acceptors (Lipinski definition) is 8. The van der Waals surface area contributed by atoms with Gasteiger partial charge in [-0.05, 0) is 38.2 Å². The van der Waals surface area contributed by atoms with Crippen molar-refractivity contribution < 1.29 is 18.7 Å². The quantitative estimate of drug-likeness (QED) is 0.0626. The first-order valence-electron chi connectivity index (χ1n) is 19.5. The summed E-state index contributed by atoms with van der Waals surface area (Å²) < 4.78 is 20.8. The summed E-state index contributed by atoms with van der Waals surface area (Å²) >= 11 is 0. The molecule has 1 aliphatic heterocycles. The van der Waals surface area contributed by atoms with Gasteiger partial charge >= 0.3 is 11.7 Å². The minimum atomic E-state index is -3.00. The number of nitrogen functional groups attached to an aromatic ring is 1. The molecule has 0 unspecified atom stereocenters. The summed E-state index contributed by atoms with van der Waals surface area (Å²) in [6.45, 7) is 7.75. The van der Waals surface area contributed by atoms with Crippen LogP contribution >= 0.6 is 0 Å². The molecule has 2 N–H and O–H groups in total. The van der Waals surface area contributed by atoms with Crippen LogP contribution in [0.1, 0.15) is 49.3 Å². The highest BCUT2D eigenvalue weighted by molar-refractivity contribution is 6.99. The smallest absolute Gasteiger partial charge is 0.351 e. The van der Waals surface area contributed by atoms with Gasteiger partial charge in [-0.15, -0.1) is 0 Å². The van der Waals surface area contributed by atoms with Gasteiger partial charge in [-0.1, -0.05) is 172 Å². The molecule has 5 aromatic carbocycles. The van der Waals surface area contributed by atoms with Crippen molar-refractivity contribution in [2.24, 2.45) is 0 Å². The minimum absolute atomic E-state index is 0.00663. The molecule has 2 atom stereocenters. The number of hydrogen-bond donors (Lipinski definition) is 1. The van der Waals surface area contributed by atoms with Gasteiger partial charge in [0.25, 0.3) is 8.32 Å². The zero-order chi connectivity index (χ0) is 40.8. The first-order valence-corrected chi connectivity index (χ1v) is 21.5. The lowest BCUT2D eigenvalue weighted by molar-refractivity contribution is -0.149. The number of anilines is 1. The third kappa shape index (κ3) is 7.84. The fourth-order valence-electron chi connectivity index (χ4n) is 8.46. The van der Waals surface area contributed by atoms with Crippen molar-refractivity contribution in [2.75, 3.05) is 32.5 Å². The predicted octanol–water partition coefficient (Wildman–Crippen LogP) is 6.78. The first-order chi connectivity index (χ1) is 28.1. The number of carbonyl (C=O) groups is 1. The second-order valence-electron chi connectivity index (χ2n) is 15.5. The van der Waals surface area contributed by atoms with E-state index in [2.05, 4.69) is 152 Å². The van der Waals surface area contributed by atoms with E-state index in [9.17, 15) is 9.59 Å². The lowest BCUT2D eigenvalue weighted by Gasteiger charge is -2.51. The summed E-state index contributed by atoms with van der Waals surface area (Å²) in [5.74, 6) is -0.566. The Bertz CT molecular complexity index is 2230.